The zero-order valence-electron chi connectivity index (χ0n) is 20.6. The van der Waals surface area contributed by atoms with Crippen molar-refractivity contribution in [2.24, 2.45) is 0 Å². The Bertz CT molecular complexity index is 592. The second-order valence-corrected chi connectivity index (χ2v) is 8.69. The van der Waals surface area contributed by atoms with Gasteiger partial charge in [-0.25, -0.2) is 14.5 Å². The second kappa shape index (κ2) is 19.6. The van der Waals surface area contributed by atoms with Crippen molar-refractivity contribution in [3.8, 4) is 5.75 Å². The molecule has 5 nitrogen and oxygen atoms in total. The Hall–Kier alpha value is -2.04. The molecule has 1 rings (SSSR count). The maximum Gasteiger partial charge on any atom is 0.423 e. The summed E-state index contributed by atoms with van der Waals surface area (Å²) in [5.41, 5.74) is 0. The van der Waals surface area contributed by atoms with Gasteiger partial charge in [0.05, 0.1) is 0 Å². The van der Waals surface area contributed by atoms with Crippen LogP contribution in [-0.4, -0.2) is 30.6 Å². The quantitative estimate of drug-likeness (QED) is 0.232. The number of hydrogen-bond acceptors (Lipinski definition) is 3. The number of carbonyl (C=O) groups excluding carboxylic acids is 2. The minimum absolute atomic E-state index is 0.379. The first kappa shape index (κ1) is 28.0. The first-order valence-electron chi connectivity index (χ1n) is 12.9. The number of hydrogen-bond donors (Lipinski definition) is 1. The molecule has 0 unspecified atom stereocenters. The lowest BCUT2D eigenvalue weighted by atomic mass is 10.0. The van der Waals surface area contributed by atoms with Crippen LogP contribution in [0.15, 0.2) is 30.3 Å². The predicted molar refractivity (Wildman–Crippen MR) is 133 cm³/mol. The van der Waals surface area contributed by atoms with Gasteiger partial charge in [-0.15, -0.1) is 0 Å². The molecule has 0 heterocycles. The van der Waals surface area contributed by atoms with Crippen LogP contribution >= 0.6 is 0 Å². The molecule has 0 radical (unpaired) electrons. The van der Waals surface area contributed by atoms with Crippen molar-refractivity contribution in [2.75, 3.05) is 13.6 Å². The fourth-order valence-electron chi connectivity index (χ4n) is 3.87. The van der Waals surface area contributed by atoms with E-state index in [-0.39, 0.29) is 0 Å². The maximum atomic E-state index is 12.3. The van der Waals surface area contributed by atoms with E-state index in [1.165, 1.54) is 90.5 Å². The minimum Gasteiger partial charge on any atom is -0.410 e. The van der Waals surface area contributed by atoms with Crippen LogP contribution in [0.5, 0.6) is 5.75 Å². The molecule has 0 saturated carbocycles. The molecular formula is C27H46N2O3. The number of unbranched alkanes of at least 4 members (excludes halogenated alkanes) is 15. The van der Waals surface area contributed by atoms with E-state index >= 15 is 0 Å². The van der Waals surface area contributed by atoms with Crippen LogP contribution in [0.2, 0.25) is 0 Å². The van der Waals surface area contributed by atoms with Gasteiger partial charge in [0.1, 0.15) is 5.75 Å². The van der Waals surface area contributed by atoms with Gasteiger partial charge < -0.3 is 10.1 Å². The third-order valence-electron chi connectivity index (χ3n) is 5.86. The van der Waals surface area contributed by atoms with Crippen molar-refractivity contribution in [3.63, 3.8) is 0 Å². The fourth-order valence-corrected chi connectivity index (χ4v) is 3.87. The largest absolute Gasteiger partial charge is 0.423 e. The first-order chi connectivity index (χ1) is 15.7. The van der Waals surface area contributed by atoms with Crippen molar-refractivity contribution in [1.29, 1.82) is 0 Å². The summed E-state index contributed by atoms with van der Waals surface area (Å²) >= 11 is 0. The lowest BCUT2D eigenvalue weighted by Gasteiger charge is -2.19. The average Bonchev–Trinajstić information content (AvgIpc) is 2.81. The molecule has 0 aliphatic rings. The maximum absolute atomic E-state index is 12.3. The Kier molecular flexibility index (Phi) is 17.2. The number of ether oxygens (including phenoxy) is 1. The van der Waals surface area contributed by atoms with Gasteiger partial charge in [0, 0.05) is 13.6 Å². The fraction of sp³-hybridized carbons (Fsp3) is 0.704. The summed E-state index contributed by atoms with van der Waals surface area (Å²) in [5.74, 6) is 0.443. The number of urea groups is 1. The van der Waals surface area contributed by atoms with Crippen LogP contribution in [0, 0.1) is 0 Å². The van der Waals surface area contributed by atoms with Gasteiger partial charge in [-0.05, 0) is 18.6 Å². The van der Waals surface area contributed by atoms with E-state index in [0.29, 0.717) is 12.3 Å². The third-order valence-corrected chi connectivity index (χ3v) is 5.86. The SMILES string of the molecule is CCCCCCCCCCCCCCCCCCN(C(=O)NC)C(=O)Oc1ccccc1. The Balaban J connectivity index is 2.01. The molecule has 0 aliphatic carbocycles. The summed E-state index contributed by atoms with van der Waals surface area (Å²) in [5, 5.41) is 2.52. The summed E-state index contributed by atoms with van der Waals surface area (Å²) in [6, 6.07) is 8.42. The van der Waals surface area contributed by atoms with Crippen LogP contribution in [0.4, 0.5) is 9.59 Å². The van der Waals surface area contributed by atoms with E-state index in [1.54, 1.807) is 24.3 Å². The molecule has 0 fully saturated rings. The molecule has 3 amide bonds. The number of imide groups is 1. The van der Waals surface area contributed by atoms with E-state index in [2.05, 4.69) is 12.2 Å². The van der Waals surface area contributed by atoms with E-state index in [0.717, 1.165) is 24.2 Å². The normalized spacial score (nSPS) is 10.7. The van der Waals surface area contributed by atoms with Gasteiger partial charge in [-0.2, -0.15) is 0 Å². The zero-order valence-corrected chi connectivity index (χ0v) is 20.6. The van der Waals surface area contributed by atoms with E-state index in [4.69, 9.17) is 4.74 Å². The van der Waals surface area contributed by atoms with Gasteiger partial charge in [-0.1, -0.05) is 121 Å². The summed E-state index contributed by atoms with van der Waals surface area (Å²) in [6.07, 6.45) is 20.1. The molecule has 182 valence electrons. The van der Waals surface area contributed by atoms with E-state index in [1.807, 2.05) is 6.07 Å². The predicted octanol–water partition coefficient (Wildman–Crippen LogP) is 8.09. The van der Waals surface area contributed by atoms with Crippen LogP contribution < -0.4 is 10.1 Å². The number of carbonyl (C=O) groups is 2. The first-order valence-corrected chi connectivity index (χ1v) is 12.9. The molecule has 0 spiro atoms. The van der Waals surface area contributed by atoms with E-state index in [9.17, 15) is 9.59 Å². The second-order valence-electron chi connectivity index (χ2n) is 8.69. The molecular weight excluding hydrogens is 400 g/mol. The molecule has 0 aromatic heterocycles. The molecule has 1 N–H and O–H groups in total. The monoisotopic (exact) mass is 446 g/mol. The average molecular weight is 447 g/mol. The lowest BCUT2D eigenvalue weighted by Crippen LogP contribution is -2.44. The van der Waals surface area contributed by atoms with Gasteiger partial charge in [0.2, 0.25) is 0 Å². The Morgan fingerprint density at radius 3 is 1.59 bits per heavy atom. The van der Waals surface area contributed by atoms with Gasteiger partial charge in [-0.3, -0.25) is 0 Å². The van der Waals surface area contributed by atoms with Gasteiger partial charge >= 0.3 is 12.1 Å². The van der Waals surface area contributed by atoms with Crippen molar-refractivity contribution in [1.82, 2.24) is 10.2 Å². The summed E-state index contributed by atoms with van der Waals surface area (Å²) in [7, 11) is 1.53. The molecule has 1 aromatic rings. The molecule has 0 bridgehead atoms. The van der Waals surface area contributed by atoms with Crippen LogP contribution in [0.3, 0.4) is 0 Å². The van der Waals surface area contributed by atoms with Crippen LogP contribution in [0.25, 0.3) is 0 Å². The topological polar surface area (TPSA) is 58.6 Å². The Morgan fingerprint density at radius 2 is 1.16 bits per heavy atom. The van der Waals surface area contributed by atoms with Gasteiger partial charge in [0.25, 0.3) is 0 Å². The van der Waals surface area contributed by atoms with Crippen molar-refractivity contribution >= 4 is 12.1 Å². The summed E-state index contributed by atoms with van der Waals surface area (Å²) in [6.45, 7) is 2.65. The highest BCUT2D eigenvalue weighted by Gasteiger charge is 2.22. The molecule has 1 aromatic carbocycles. The summed E-state index contributed by atoms with van der Waals surface area (Å²) in [4.78, 5) is 25.5. The lowest BCUT2D eigenvalue weighted by molar-refractivity contribution is 0.153. The number of nitrogens with one attached hydrogen (secondary N) is 1. The standard InChI is InChI=1S/C27H46N2O3/c1-3-4-5-6-7-8-9-10-11-12-13-14-15-16-17-21-24-29(26(30)28-2)27(31)32-25-22-19-18-20-23-25/h18-20,22-23H,3-17,21,24H2,1-2H3,(H,28,30). The highest BCUT2D eigenvalue weighted by atomic mass is 16.6. The number of benzene rings is 1. The van der Waals surface area contributed by atoms with Crippen LogP contribution in [-0.2, 0) is 0 Å². The molecule has 5 heteroatoms. The summed E-state index contributed by atoms with van der Waals surface area (Å²) < 4.78 is 5.31. The molecule has 0 saturated heterocycles. The minimum atomic E-state index is -0.628. The third kappa shape index (κ3) is 14.1. The number of amides is 3. The molecule has 0 aliphatic heterocycles. The Labute approximate surface area is 196 Å². The van der Waals surface area contributed by atoms with Crippen molar-refractivity contribution in [2.45, 2.75) is 110 Å². The zero-order chi connectivity index (χ0) is 23.3. The van der Waals surface area contributed by atoms with Gasteiger partial charge in [0.15, 0.2) is 0 Å². The molecule has 32 heavy (non-hydrogen) atoms. The van der Waals surface area contributed by atoms with Crippen LogP contribution in [0.1, 0.15) is 110 Å². The smallest absolute Gasteiger partial charge is 0.410 e. The molecule has 0 atom stereocenters. The van der Waals surface area contributed by atoms with Crippen molar-refractivity contribution < 1.29 is 14.3 Å². The highest BCUT2D eigenvalue weighted by molar-refractivity contribution is 5.91. The Morgan fingerprint density at radius 1 is 0.719 bits per heavy atom. The number of para-hydroxylation sites is 1. The van der Waals surface area contributed by atoms with E-state index < -0.39 is 12.1 Å². The van der Waals surface area contributed by atoms with Crippen molar-refractivity contribution in [3.05, 3.63) is 30.3 Å². The number of nitrogens with zero attached hydrogens (tertiary/aromatic N) is 1. The highest BCUT2D eigenvalue weighted by Crippen LogP contribution is 2.15. The number of rotatable bonds is 18.